The molecule has 1 aromatic rings. The number of nitriles is 1. The second-order valence-corrected chi connectivity index (χ2v) is 5.83. The van der Waals surface area contributed by atoms with Crippen LogP contribution in [0.15, 0.2) is 43.0 Å². The molecule has 2 aliphatic rings. The van der Waals surface area contributed by atoms with Crippen LogP contribution in [-0.2, 0) is 5.54 Å². The van der Waals surface area contributed by atoms with Crippen molar-refractivity contribution in [2.75, 3.05) is 6.54 Å². The van der Waals surface area contributed by atoms with Gasteiger partial charge in [0.1, 0.15) is 0 Å². The van der Waals surface area contributed by atoms with Crippen LogP contribution in [0.3, 0.4) is 0 Å². The molecule has 20 heavy (non-hydrogen) atoms. The summed E-state index contributed by atoms with van der Waals surface area (Å²) in [5, 5.41) is 20.2. The van der Waals surface area contributed by atoms with E-state index in [0.717, 1.165) is 24.9 Å². The van der Waals surface area contributed by atoms with Gasteiger partial charge in [-0.15, -0.1) is 6.58 Å². The zero-order valence-electron chi connectivity index (χ0n) is 11.6. The van der Waals surface area contributed by atoms with Crippen molar-refractivity contribution in [3.63, 3.8) is 0 Å². The van der Waals surface area contributed by atoms with Crippen LogP contribution >= 0.6 is 0 Å². The van der Waals surface area contributed by atoms with Gasteiger partial charge in [-0.1, -0.05) is 36.4 Å². The van der Waals surface area contributed by atoms with Gasteiger partial charge in [-0.3, -0.25) is 4.90 Å². The summed E-state index contributed by atoms with van der Waals surface area (Å²) in [6.45, 7) is 4.56. The molecular weight excluding hydrogens is 248 g/mol. The smallest absolute Gasteiger partial charge is 0.0767 e. The van der Waals surface area contributed by atoms with Crippen molar-refractivity contribution in [1.29, 1.82) is 5.26 Å². The highest BCUT2D eigenvalue weighted by Crippen LogP contribution is 2.52. The van der Waals surface area contributed by atoms with Crippen LogP contribution in [0.25, 0.3) is 0 Å². The predicted molar refractivity (Wildman–Crippen MR) is 77.8 cm³/mol. The molecule has 0 amide bonds. The maximum Gasteiger partial charge on any atom is 0.0767 e. The van der Waals surface area contributed by atoms with E-state index in [1.54, 1.807) is 0 Å². The lowest BCUT2D eigenvalue weighted by atomic mass is 9.78. The van der Waals surface area contributed by atoms with Crippen molar-refractivity contribution in [2.45, 2.75) is 36.9 Å². The van der Waals surface area contributed by atoms with Crippen LogP contribution in [0.4, 0.5) is 0 Å². The maximum atomic E-state index is 10.7. The number of fused-ring (bicyclic) bond motifs is 2. The molecule has 2 aliphatic heterocycles. The van der Waals surface area contributed by atoms with E-state index in [0.29, 0.717) is 6.42 Å². The molecule has 0 saturated carbocycles. The van der Waals surface area contributed by atoms with E-state index in [1.807, 2.05) is 24.3 Å². The Morgan fingerprint density at radius 1 is 1.40 bits per heavy atom. The standard InChI is InChI=1S/C17H20N2O/c1-2-10-19-15-8-9-16(20)17(19,11-13(15)12-18)14-6-4-3-5-7-14/h2-7,13,15-16,20H,1,8-11H2. The molecule has 0 radical (unpaired) electrons. The summed E-state index contributed by atoms with van der Waals surface area (Å²) >= 11 is 0. The highest BCUT2D eigenvalue weighted by Gasteiger charge is 2.58. The summed E-state index contributed by atoms with van der Waals surface area (Å²) in [4.78, 5) is 2.30. The molecule has 4 atom stereocenters. The van der Waals surface area contributed by atoms with Crippen molar-refractivity contribution in [3.05, 3.63) is 48.6 Å². The van der Waals surface area contributed by atoms with E-state index in [2.05, 4.69) is 29.7 Å². The minimum Gasteiger partial charge on any atom is -0.391 e. The van der Waals surface area contributed by atoms with Gasteiger partial charge in [-0.25, -0.2) is 0 Å². The first-order chi connectivity index (χ1) is 9.74. The Morgan fingerprint density at radius 2 is 2.15 bits per heavy atom. The first-order valence-electron chi connectivity index (χ1n) is 7.25. The number of piperidine rings is 1. The maximum absolute atomic E-state index is 10.7. The molecule has 4 unspecified atom stereocenters. The summed E-state index contributed by atoms with van der Waals surface area (Å²) in [5.41, 5.74) is 0.704. The minimum atomic E-state index is -0.418. The molecule has 0 aliphatic carbocycles. The molecule has 0 aromatic heterocycles. The number of hydrogen-bond acceptors (Lipinski definition) is 3. The molecule has 3 heteroatoms. The minimum absolute atomic E-state index is 0.00712. The van der Waals surface area contributed by atoms with E-state index >= 15 is 0 Å². The van der Waals surface area contributed by atoms with Crippen molar-refractivity contribution < 1.29 is 5.11 Å². The molecule has 1 aromatic carbocycles. The van der Waals surface area contributed by atoms with Gasteiger partial charge in [0.15, 0.2) is 0 Å². The lowest BCUT2D eigenvalue weighted by Crippen LogP contribution is -2.56. The third-order valence-electron chi connectivity index (χ3n) is 4.96. The molecular formula is C17H20N2O. The van der Waals surface area contributed by atoms with Gasteiger partial charge < -0.3 is 5.11 Å². The van der Waals surface area contributed by atoms with Crippen molar-refractivity contribution in [2.24, 2.45) is 5.92 Å². The Bertz CT molecular complexity index is 536. The lowest BCUT2D eigenvalue weighted by molar-refractivity contribution is -0.0561. The van der Waals surface area contributed by atoms with Gasteiger partial charge in [-0.2, -0.15) is 5.26 Å². The Labute approximate surface area is 120 Å². The molecule has 3 nitrogen and oxygen atoms in total. The van der Waals surface area contributed by atoms with Gasteiger partial charge in [0, 0.05) is 12.6 Å². The predicted octanol–water partition coefficient (Wildman–Crippen LogP) is 2.44. The quantitative estimate of drug-likeness (QED) is 0.857. The van der Waals surface area contributed by atoms with Gasteiger partial charge in [-0.05, 0) is 24.8 Å². The molecule has 3 rings (SSSR count). The Balaban J connectivity index is 2.12. The van der Waals surface area contributed by atoms with Crippen molar-refractivity contribution >= 4 is 0 Å². The number of rotatable bonds is 3. The summed E-state index contributed by atoms with van der Waals surface area (Å²) < 4.78 is 0. The fraction of sp³-hybridized carbons (Fsp3) is 0.471. The summed E-state index contributed by atoms with van der Waals surface area (Å²) in [5.74, 6) is -0.00712. The van der Waals surface area contributed by atoms with Gasteiger partial charge in [0.2, 0.25) is 0 Å². The first-order valence-corrected chi connectivity index (χ1v) is 7.25. The summed E-state index contributed by atoms with van der Waals surface area (Å²) in [7, 11) is 0. The number of hydrogen-bond donors (Lipinski definition) is 1. The van der Waals surface area contributed by atoms with Crippen molar-refractivity contribution in [3.8, 4) is 6.07 Å². The zero-order valence-corrected chi connectivity index (χ0v) is 11.6. The lowest BCUT2D eigenvalue weighted by Gasteiger charge is -2.48. The van der Waals surface area contributed by atoms with E-state index < -0.39 is 11.6 Å². The fourth-order valence-electron chi connectivity index (χ4n) is 4.13. The zero-order chi connectivity index (χ0) is 14.2. The van der Waals surface area contributed by atoms with Crippen LogP contribution in [0.1, 0.15) is 24.8 Å². The largest absolute Gasteiger partial charge is 0.391 e. The van der Waals surface area contributed by atoms with E-state index in [-0.39, 0.29) is 12.0 Å². The van der Waals surface area contributed by atoms with E-state index in [4.69, 9.17) is 0 Å². The number of aliphatic hydroxyl groups excluding tert-OH is 1. The topological polar surface area (TPSA) is 47.3 Å². The van der Waals surface area contributed by atoms with Gasteiger partial charge in [0.25, 0.3) is 0 Å². The third kappa shape index (κ3) is 1.72. The summed E-state index contributed by atoms with van der Waals surface area (Å²) in [6, 6.07) is 12.8. The average molecular weight is 268 g/mol. The van der Waals surface area contributed by atoms with E-state index in [9.17, 15) is 10.4 Å². The van der Waals surface area contributed by atoms with Crippen LogP contribution in [0, 0.1) is 17.2 Å². The molecule has 2 saturated heterocycles. The average Bonchev–Trinajstić information content (AvgIpc) is 2.72. The monoisotopic (exact) mass is 268 g/mol. The number of nitrogens with zero attached hydrogens (tertiary/aromatic N) is 2. The first kappa shape index (κ1) is 13.4. The van der Waals surface area contributed by atoms with E-state index in [1.165, 1.54) is 0 Å². The van der Waals surface area contributed by atoms with Crippen LogP contribution in [0.2, 0.25) is 0 Å². The Morgan fingerprint density at radius 3 is 2.80 bits per heavy atom. The molecule has 0 spiro atoms. The number of benzene rings is 1. The molecule has 1 N–H and O–H groups in total. The van der Waals surface area contributed by atoms with Gasteiger partial charge >= 0.3 is 0 Å². The molecule has 2 fully saturated rings. The molecule has 104 valence electrons. The second-order valence-electron chi connectivity index (χ2n) is 5.83. The fourth-order valence-corrected chi connectivity index (χ4v) is 4.13. The highest BCUT2D eigenvalue weighted by molar-refractivity contribution is 5.32. The molecule has 2 bridgehead atoms. The molecule has 2 heterocycles. The summed E-state index contributed by atoms with van der Waals surface area (Å²) in [6.07, 6.45) is 3.84. The Hall–Kier alpha value is -1.63. The van der Waals surface area contributed by atoms with Crippen LogP contribution < -0.4 is 0 Å². The Kier molecular flexibility index (Phi) is 3.37. The SMILES string of the molecule is C=CCN1C2CCC(O)C1(c1ccccc1)CC2C#N. The second kappa shape index (κ2) is 5.05. The normalized spacial score (nSPS) is 36.5. The van der Waals surface area contributed by atoms with Crippen LogP contribution in [-0.4, -0.2) is 28.7 Å². The number of aliphatic hydroxyl groups is 1. The van der Waals surface area contributed by atoms with Crippen molar-refractivity contribution in [1.82, 2.24) is 4.90 Å². The van der Waals surface area contributed by atoms with Crippen LogP contribution in [0.5, 0.6) is 0 Å². The third-order valence-corrected chi connectivity index (χ3v) is 4.96. The van der Waals surface area contributed by atoms with Gasteiger partial charge in [0.05, 0.1) is 23.6 Å². The highest BCUT2D eigenvalue weighted by atomic mass is 16.3.